The Bertz CT molecular complexity index is 1290. The molecule has 0 bridgehead atoms. The molecule has 0 saturated heterocycles. The van der Waals surface area contributed by atoms with Crippen molar-refractivity contribution >= 4 is 39.2 Å². The summed E-state index contributed by atoms with van der Waals surface area (Å²) in [6.45, 7) is -0.320. The first-order chi connectivity index (χ1) is 16.2. The summed E-state index contributed by atoms with van der Waals surface area (Å²) in [5.74, 6) is -0.681. The molecule has 3 aromatic carbocycles. The van der Waals surface area contributed by atoms with Crippen molar-refractivity contribution < 1.29 is 32.2 Å². The van der Waals surface area contributed by atoms with Gasteiger partial charge in [-0.1, -0.05) is 29.8 Å². The van der Waals surface area contributed by atoms with Gasteiger partial charge in [0, 0.05) is 10.7 Å². The van der Waals surface area contributed by atoms with Crippen LogP contribution < -0.4 is 19.9 Å². The standard InChI is InChI=1S/C23H21ClN2O7S/c1-31-21-11-16(7-10-20(21)32-13-15-5-8-17(24)9-6-15)23(28)33-14-22(27)26-18-3-2-4-19(12-18)34(25,29)30/h2-12H,13-14H2,1H3,(H,26,27)(H2,25,29,30). The van der Waals surface area contributed by atoms with Gasteiger partial charge in [0.15, 0.2) is 18.1 Å². The molecule has 3 aromatic rings. The molecule has 0 aliphatic carbocycles. The Balaban J connectivity index is 1.58. The van der Waals surface area contributed by atoms with Crippen molar-refractivity contribution in [1.82, 2.24) is 0 Å². The first-order valence-electron chi connectivity index (χ1n) is 9.81. The lowest BCUT2D eigenvalue weighted by atomic mass is 10.2. The number of methoxy groups -OCH3 is 1. The Morgan fingerprint density at radius 3 is 2.41 bits per heavy atom. The van der Waals surface area contributed by atoms with Gasteiger partial charge in [-0.15, -0.1) is 0 Å². The Kier molecular flexibility index (Phi) is 8.11. The maximum atomic E-state index is 12.4. The van der Waals surface area contributed by atoms with E-state index in [4.69, 9.17) is 31.0 Å². The van der Waals surface area contributed by atoms with Crippen LogP contribution in [0, 0.1) is 0 Å². The molecule has 9 nitrogen and oxygen atoms in total. The lowest BCUT2D eigenvalue weighted by molar-refractivity contribution is -0.119. The number of halogens is 1. The van der Waals surface area contributed by atoms with Crippen molar-refractivity contribution in [2.75, 3.05) is 19.0 Å². The molecule has 11 heteroatoms. The zero-order valence-electron chi connectivity index (χ0n) is 18.0. The van der Waals surface area contributed by atoms with E-state index in [1.165, 1.54) is 43.5 Å². The molecular weight excluding hydrogens is 484 g/mol. The van der Waals surface area contributed by atoms with Gasteiger partial charge in [0.2, 0.25) is 10.0 Å². The number of esters is 1. The molecule has 1 amide bonds. The molecule has 0 saturated carbocycles. The Morgan fingerprint density at radius 1 is 1.00 bits per heavy atom. The molecule has 3 rings (SSSR count). The van der Waals surface area contributed by atoms with Crippen LogP contribution in [0.2, 0.25) is 5.02 Å². The van der Waals surface area contributed by atoms with Crippen LogP contribution in [0.3, 0.4) is 0 Å². The number of hydrogen-bond acceptors (Lipinski definition) is 7. The van der Waals surface area contributed by atoms with Gasteiger partial charge >= 0.3 is 5.97 Å². The van der Waals surface area contributed by atoms with Crippen molar-refractivity contribution in [1.29, 1.82) is 0 Å². The number of hydrogen-bond donors (Lipinski definition) is 2. The van der Waals surface area contributed by atoms with Crippen molar-refractivity contribution in [3.8, 4) is 11.5 Å². The van der Waals surface area contributed by atoms with Crippen LogP contribution in [0.1, 0.15) is 15.9 Å². The number of anilines is 1. The number of nitrogens with two attached hydrogens (primary N) is 1. The van der Waals surface area contributed by atoms with E-state index in [9.17, 15) is 18.0 Å². The number of primary sulfonamides is 1. The molecule has 0 radical (unpaired) electrons. The highest BCUT2D eigenvalue weighted by atomic mass is 35.5. The molecule has 0 unspecified atom stereocenters. The molecule has 0 spiro atoms. The van der Waals surface area contributed by atoms with Crippen molar-refractivity contribution in [3.05, 3.63) is 82.9 Å². The van der Waals surface area contributed by atoms with Crippen molar-refractivity contribution in [3.63, 3.8) is 0 Å². The zero-order valence-corrected chi connectivity index (χ0v) is 19.6. The van der Waals surface area contributed by atoms with E-state index in [1.807, 2.05) is 12.1 Å². The summed E-state index contributed by atoms with van der Waals surface area (Å²) in [5, 5.41) is 8.13. The highest BCUT2D eigenvalue weighted by molar-refractivity contribution is 7.89. The van der Waals surface area contributed by atoms with Crippen LogP contribution in [-0.2, 0) is 26.2 Å². The van der Waals surface area contributed by atoms with Gasteiger partial charge in [0.05, 0.1) is 17.6 Å². The monoisotopic (exact) mass is 504 g/mol. The maximum absolute atomic E-state index is 12.4. The number of ether oxygens (including phenoxy) is 3. The number of rotatable bonds is 9. The third kappa shape index (κ3) is 6.95. The summed E-state index contributed by atoms with van der Waals surface area (Å²) in [5.41, 5.74) is 1.24. The van der Waals surface area contributed by atoms with E-state index in [2.05, 4.69) is 5.32 Å². The van der Waals surface area contributed by atoms with Gasteiger partial charge in [0.1, 0.15) is 6.61 Å². The largest absolute Gasteiger partial charge is 0.493 e. The molecule has 0 fully saturated rings. The van der Waals surface area contributed by atoms with Gasteiger partial charge in [-0.05, 0) is 54.1 Å². The molecule has 0 aliphatic rings. The zero-order chi connectivity index (χ0) is 24.7. The maximum Gasteiger partial charge on any atom is 0.338 e. The minimum atomic E-state index is -3.92. The average molecular weight is 505 g/mol. The average Bonchev–Trinajstić information content (AvgIpc) is 2.81. The fraction of sp³-hybridized carbons (Fsp3) is 0.130. The van der Waals surface area contributed by atoms with Gasteiger partial charge in [0.25, 0.3) is 5.91 Å². The first-order valence-corrected chi connectivity index (χ1v) is 11.7. The fourth-order valence-corrected chi connectivity index (χ4v) is 3.50. The van der Waals surface area contributed by atoms with Crippen LogP contribution in [0.5, 0.6) is 11.5 Å². The topological polar surface area (TPSA) is 134 Å². The predicted octanol–water partition coefficient (Wildman–Crippen LogP) is 3.37. The van der Waals surface area contributed by atoms with Crippen LogP contribution in [0.25, 0.3) is 0 Å². The van der Waals surface area contributed by atoms with Crippen LogP contribution in [0.15, 0.2) is 71.6 Å². The second-order valence-electron chi connectivity index (χ2n) is 6.98. The summed E-state index contributed by atoms with van der Waals surface area (Å²) in [6, 6.07) is 17.0. The van der Waals surface area contributed by atoms with E-state index in [1.54, 1.807) is 18.2 Å². The van der Waals surface area contributed by atoms with Gasteiger partial charge in [-0.25, -0.2) is 18.4 Å². The number of benzene rings is 3. The minimum absolute atomic E-state index is 0.153. The number of carbonyl (C=O) groups is 2. The van der Waals surface area contributed by atoms with E-state index in [0.29, 0.717) is 16.5 Å². The van der Waals surface area contributed by atoms with Crippen molar-refractivity contribution in [2.24, 2.45) is 5.14 Å². The summed E-state index contributed by atoms with van der Waals surface area (Å²) in [4.78, 5) is 24.3. The second kappa shape index (κ2) is 11.0. The molecule has 34 heavy (non-hydrogen) atoms. The number of nitrogens with one attached hydrogen (secondary N) is 1. The normalized spacial score (nSPS) is 10.9. The van der Waals surface area contributed by atoms with Crippen LogP contribution in [0.4, 0.5) is 5.69 Å². The van der Waals surface area contributed by atoms with Gasteiger partial charge < -0.3 is 19.5 Å². The smallest absolute Gasteiger partial charge is 0.338 e. The molecular formula is C23H21ClN2O7S. The number of amides is 1. The summed E-state index contributed by atoms with van der Waals surface area (Å²) >= 11 is 5.88. The second-order valence-corrected chi connectivity index (χ2v) is 8.98. The lowest BCUT2D eigenvalue weighted by Gasteiger charge is -2.12. The molecule has 178 valence electrons. The van der Waals surface area contributed by atoms with E-state index in [-0.39, 0.29) is 22.8 Å². The Labute approximate surface area is 201 Å². The SMILES string of the molecule is COc1cc(C(=O)OCC(=O)Nc2cccc(S(N)(=O)=O)c2)ccc1OCc1ccc(Cl)cc1. The summed E-state index contributed by atoms with van der Waals surface area (Å²) in [6.07, 6.45) is 0. The third-order valence-corrected chi connectivity index (χ3v) is 5.65. The van der Waals surface area contributed by atoms with E-state index in [0.717, 1.165) is 5.56 Å². The van der Waals surface area contributed by atoms with E-state index >= 15 is 0 Å². The number of carbonyl (C=O) groups excluding carboxylic acids is 2. The predicted molar refractivity (Wildman–Crippen MR) is 126 cm³/mol. The van der Waals surface area contributed by atoms with Crippen molar-refractivity contribution in [2.45, 2.75) is 11.5 Å². The molecule has 0 heterocycles. The fourth-order valence-electron chi connectivity index (χ4n) is 2.82. The lowest BCUT2D eigenvalue weighted by Crippen LogP contribution is -2.21. The highest BCUT2D eigenvalue weighted by Gasteiger charge is 2.15. The Morgan fingerprint density at radius 2 is 1.74 bits per heavy atom. The molecule has 0 atom stereocenters. The van der Waals surface area contributed by atoms with Gasteiger partial charge in [-0.3, -0.25) is 4.79 Å². The molecule has 0 aliphatic heterocycles. The van der Waals surface area contributed by atoms with E-state index < -0.39 is 28.5 Å². The van der Waals surface area contributed by atoms with Crippen LogP contribution >= 0.6 is 11.6 Å². The number of sulfonamides is 1. The Hall–Kier alpha value is -3.60. The first kappa shape index (κ1) is 25.0. The summed E-state index contributed by atoms with van der Waals surface area (Å²) < 4.78 is 38.9. The van der Waals surface area contributed by atoms with Gasteiger partial charge in [-0.2, -0.15) is 0 Å². The van der Waals surface area contributed by atoms with Crippen LogP contribution in [-0.4, -0.2) is 34.0 Å². The minimum Gasteiger partial charge on any atom is -0.493 e. The molecule has 0 aromatic heterocycles. The third-order valence-electron chi connectivity index (χ3n) is 4.49. The quantitative estimate of drug-likeness (QED) is 0.426. The highest BCUT2D eigenvalue weighted by Crippen LogP contribution is 2.29. The molecule has 3 N–H and O–H groups in total. The summed E-state index contributed by atoms with van der Waals surface area (Å²) in [7, 11) is -2.49.